The van der Waals surface area contributed by atoms with Crippen LogP contribution in [0.15, 0.2) is 28.7 Å². The lowest BCUT2D eigenvalue weighted by molar-refractivity contribution is 0.463. The number of hydrazine groups is 1. The molecule has 3 nitrogen and oxygen atoms in total. The number of nitrogens with two attached hydrogens (primary N) is 1. The van der Waals surface area contributed by atoms with Crippen LogP contribution in [0, 0.1) is 6.92 Å². The summed E-state index contributed by atoms with van der Waals surface area (Å²) in [6, 6.07) is 8.32. The Morgan fingerprint density at radius 2 is 2.05 bits per heavy atom. The molecule has 2 rings (SSSR count). The number of hydrogen-bond donors (Lipinski definition) is 2. The van der Waals surface area contributed by atoms with Crippen molar-refractivity contribution in [1.29, 1.82) is 0 Å². The van der Waals surface area contributed by atoms with Crippen LogP contribution in [0.1, 0.15) is 38.1 Å². The third kappa shape index (κ3) is 3.75. The monoisotopic (exact) mass is 278 g/mol. The molecule has 4 heteroatoms. The number of rotatable bonds is 4. The zero-order chi connectivity index (χ0) is 14.0. The quantitative estimate of drug-likeness (QED) is 0.660. The summed E-state index contributed by atoms with van der Waals surface area (Å²) in [5.74, 6) is 7.45. The molecule has 0 aliphatic heterocycles. The largest absolute Gasteiger partial charge is 0.459 e. The Morgan fingerprint density at radius 1 is 1.32 bits per heavy atom. The standard InChI is InChI=1S/C15H22N2OS/c1-10-5-6-13-11(7-10)8-14(18-13)12(17-16)9-19-15(2,3)4/h5-8,12,17H,9,16H2,1-4H3. The van der Waals surface area contributed by atoms with E-state index in [4.69, 9.17) is 10.3 Å². The molecule has 1 heterocycles. The molecule has 1 unspecified atom stereocenters. The second-order valence-electron chi connectivity index (χ2n) is 5.83. The van der Waals surface area contributed by atoms with Gasteiger partial charge in [0.25, 0.3) is 0 Å². The van der Waals surface area contributed by atoms with Crippen molar-refractivity contribution in [3.63, 3.8) is 0 Å². The predicted octanol–water partition coefficient (Wildman–Crippen LogP) is 3.78. The molecular formula is C15H22N2OS. The Labute approximate surface area is 118 Å². The fourth-order valence-electron chi connectivity index (χ4n) is 1.90. The lowest BCUT2D eigenvalue weighted by atomic mass is 10.1. The maximum atomic E-state index is 5.89. The van der Waals surface area contributed by atoms with Gasteiger partial charge in [-0.05, 0) is 25.1 Å². The van der Waals surface area contributed by atoms with Gasteiger partial charge in [0.1, 0.15) is 11.3 Å². The van der Waals surface area contributed by atoms with E-state index < -0.39 is 0 Å². The van der Waals surface area contributed by atoms with Gasteiger partial charge in [0.05, 0.1) is 6.04 Å². The van der Waals surface area contributed by atoms with Gasteiger partial charge in [-0.1, -0.05) is 32.4 Å². The normalized spacial score (nSPS) is 13.9. The number of furan rings is 1. The molecule has 0 aliphatic rings. The van der Waals surface area contributed by atoms with Gasteiger partial charge in [0.15, 0.2) is 0 Å². The van der Waals surface area contributed by atoms with E-state index in [1.807, 2.05) is 17.8 Å². The van der Waals surface area contributed by atoms with E-state index in [0.29, 0.717) is 0 Å². The Hall–Kier alpha value is -0.970. The summed E-state index contributed by atoms with van der Waals surface area (Å²) in [6.45, 7) is 8.69. The summed E-state index contributed by atoms with van der Waals surface area (Å²) in [6.07, 6.45) is 0. The maximum Gasteiger partial charge on any atom is 0.134 e. The molecule has 1 aromatic carbocycles. The van der Waals surface area contributed by atoms with Gasteiger partial charge in [0.2, 0.25) is 0 Å². The minimum absolute atomic E-state index is 0.0388. The van der Waals surface area contributed by atoms with Crippen LogP contribution in [-0.4, -0.2) is 10.5 Å². The topological polar surface area (TPSA) is 51.2 Å². The summed E-state index contributed by atoms with van der Waals surface area (Å²) in [7, 11) is 0. The van der Waals surface area contributed by atoms with Crippen molar-refractivity contribution in [2.24, 2.45) is 5.84 Å². The predicted molar refractivity (Wildman–Crippen MR) is 83.2 cm³/mol. The van der Waals surface area contributed by atoms with Crippen molar-refractivity contribution in [3.05, 3.63) is 35.6 Å². The van der Waals surface area contributed by atoms with Crippen LogP contribution in [0.5, 0.6) is 0 Å². The molecule has 1 aromatic heterocycles. The van der Waals surface area contributed by atoms with Gasteiger partial charge in [0, 0.05) is 15.9 Å². The van der Waals surface area contributed by atoms with Crippen LogP contribution in [0.2, 0.25) is 0 Å². The zero-order valence-electron chi connectivity index (χ0n) is 12.0. The highest BCUT2D eigenvalue weighted by molar-refractivity contribution is 8.00. The molecule has 0 spiro atoms. The van der Waals surface area contributed by atoms with Gasteiger partial charge in [-0.15, -0.1) is 0 Å². The third-order valence-electron chi connectivity index (χ3n) is 2.92. The average molecular weight is 278 g/mol. The first-order valence-electron chi connectivity index (χ1n) is 6.49. The molecule has 3 N–H and O–H groups in total. The van der Waals surface area contributed by atoms with Crippen LogP contribution >= 0.6 is 11.8 Å². The molecule has 0 saturated heterocycles. The summed E-state index contributed by atoms with van der Waals surface area (Å²) in [5, 5.41) is 1.14. The Bertz CT molecular complexity index is 557. The summed E-state index contributed by atoms with van der Waals surface area (Å²) >= 11 is 1.87. The van der Waals surface area contributed by atoms with Crippen molar-refractivity contribution in [2.45, 2.75) is 38.5 Å². The van der Waals surface area contributed by atoms with Gasteiger partial charge >= 0.3 is 0 Å². The smallest absolute Gasteiger partial charge is 0.134 e. The lowest BCUT2D eigenvalue weighted by Crippen LogP contribution is -2.30. The molecule has 0 fully saturated rings. The van der Waals surface area contributed by atoms with Crippen LogP contribution in [0.25, 0.3) is 11.0 Å². The van der Waals surface area contributed by atoms with E-state index in [1.165, 1.54) is 5.56 Å². The highest BCUT2D eigenvalue weighted by Crippen LogP contribution is 2.30. The van der Waals surface area contributed by atoms with Gasteiger partial charge in [-0.25, -0.2) is 5.43 Å². The first kappa shape index (κ1) is 14.4. The third-order valence-corrected chi connectivity index (χ3v) is 4.28. The minimum atomic E-state index is 0.0388. The fourth-order valence-corrected chi connectivity index (χ4v) is 2.83. The first-order valence-corrected chi connectivity index (χ1v) is 7.48. The van der Waals surface area contributed by atoms with Crippen molar-refractivity contribution in [1.82, 2.24) is 5.43 Å². The van der Waals surface area contributed by atoms with Crippen LogP contribution in [-0.2, 0) is 0 Å². The van der Waals surface area contributed by atoms with E-state index in [-0.39, 0.29) is 10.8 Å². The Morgan fingerprint density at radius 3 is 2.68 bits per heavy atom. The van der Waals surface area contributed by atoms with Gasteiger partial charge < -0.3 is 4.42 Å². The molecule has 0 bridgehead atoms. The number of aryl methyl sites for hydroxylation is 1. The molecule has 0 saturated carbocycles. The summed E-state index contributed by atoms with van der Waals surface area (Å²) in [5.41, 5.74) is 5.01. The zero-order valence-corrected chi connectivity index (χ0v) is 12.8. The molecule has 0 aliphatic carbocycles. The second kappa shape index (κ2) is 5.57. The molecule has 104 valence electrons. The van der Waals surface area contributed by atoms with E-state index in [2.05, 4.69) is 51.3 Å². The Balaban J connectivity index is 2.20. The summed E-state index contributed by atoms with van der Waals surface area (Å²) in [4.78, 5) is 0. The average Bonchev–Trinajstić information content (AvgIpc) is 2.71. The van der Waals surface area contributed by atoms with E-state index in [9.17, 15) is 0 Å². The number of thioether (sulfide) groups is 1. The molecule has 2 aromatic rings. The maximum absolute atomic E-state index is 5.89. The van der Waals surface area contributed by atoms with Crippen molar-refractivity contribution < 1.29 is 4.42 Å². The summed E-state index contributed by atoms with van der Waals surface area (Å²) < 4.78 is 6.11. The fraction of sp³-hybridized carbons (Fsp3) is 0.467. The van der Waals surface area contributed by atoms with E-state index in [1.54, 1.807) is 0 Å². The molecular weight excluding hydrogens is 256 g/mol. The molecule has 0 radical (unpaired) electrons. The number of hydrogen-bond acceptors (Lipinski definition) is 4. The number of benzene rings is 1. The van der Waals surface area contributed by atoms with Crippen molar-refractivity contribution in [2.75, 3.05) is 5.75 Å². The van der Waals surface area contributed by atoms with E-state index >= 15 is 0 Å². The second-order valence-corrected chi connectivity index (χ2v) is 7.68. The van der Waals surface area contributed by atoms with E-state index in [0.717, 1.165) is 22.5 Å². The van der Waals surface area contributed by atoms with Crippen molar-refractivity contribution >= 4 is 22.7 Å². The highest BCUT2D eigenvalue weighted by atomic mass is 32.2. The Kier molecular flexibility index (Phi) is 4.23. The van der Waals surface area contributed by atoms with Gasteiger partial charge in [-0.2, -0.15) is 11.8 Å². The lowest BCUT2D eigenvalue weighted by Gasteiger charge is -2.21. The number of nitrogens with one attached hydrogen (secondary N) is 1. The van der Waals surface area contributed by atoms with Crippen LogP contribution < -0.4 is 11.3 Å². The van der Waals surface area contributed by atoms with Crippen molar-refractivity contribution in [3.8, 4) is 0 Å². The highest BCUT2D eigenvalue weighted by Gasteiger charge is 2.19. The SMILES string of the molecule is Cc1ccc2oc(C(CSC(C)(C)C)NN)cc2c1. The van der Waals surface area contributed by atoms with Crippen LogP contribution in [0.3, 0.4) is 0 Å². The molecule has 19 heavy (non-hydrogen) atoms. The number of fused-ring (bicyclic) bond motifs is 1. The van der Waals surface area contributed by atoms with Gasteiger partial charge in [-0.3, -0.25) is 5.84 Å². The molecule has 1 atom stereocenters. The minimum Gasteiger partial charge on any atom is -0.459 e. The first-order chi connectivity index (χ1) is 8.89. The van der Waals surface area contributed by atoms with Crippen LogP contribution in [0.4, 0.5) is 0 Å². The molecule has 0 amide bonds.